The second-order valence-corrected chi connectivity index (χ2v) is 10.0. The van der Waals surface area contributed by atoms with E-state index in [1.54, 1.807) is 17.0 Å². The Morgan fingerprint density at radius 2 is 1.81 bits per heavy atom. The Morgan fingerprint density at radius 1 is 1.12 bits per heavy atom. The molecule has 1 aliphatic heterocycles. The molecule has 0 unspecified atom stereocenters. The Balaban J connectivity index is 1.71. The Morgan fingerprint density at radius 3 is 2.42 bits per heavy atom. The number of amides is 1. The number of benzene rings is 2. The van der Waals surface area contributed by atoms with Crippen molar-refractivity contribution in [3.63, 3.8) is 0 Å². The zero-order valence-corrected chi connectivity index (χ0v) is 16.6. The number of hydrogen-bond donors (Lipinski definition) is 0. The third-order valence-corrected chi connectivity index (χ3v) is 7.34. The molecule has 0 aliphatic carbocycles. The van der Waals surface area contributed by atoms with Crippen molar-refractivity contribution in [3.8, 4) is 0 Å². The van der Waals surface area contributed by atoms with Crippen LogP contribution in [0.3, 0.4) is 0 Å². The minimum atomic E-state index is -3.05. The maximum absolute atomic E-state index is 12.9. The van der Waals surface area contributed by atoms with Gasteiger partial charge < -0.3 is 4.90 Å². The fourth-order valence-electron chi connectivity index (χ4n) is 2.98. The fourth-order valence-corrected chi connectivity index (χ4v) is 5.62. The van der Waals surface area contributed by atoms with Gasteiger partial charge in [0.1, 0.15) is 0 Å². The average Bonchev–Trinajstić information content (AvgIpc) is 2.99. The molecule has 0 aromatic heterocycles. The van der Waals surface area contributed by atoms with E-state index < -0.39 is 9.84 Å². The van der Waals surface area contributed by atoms with Crippen LogP contribution >= 0.6 is 23.4 Å². The molecule has 2 aromatic carbocycles. The van der Waals surface area contributed by atoms with Crippen molar-refractivity contribution in [2.24, 2.45) is 0 Å². The number of thioether (sulfide) groups is 1. The molecular weight excluding hydrogens is 390 g/mol. The second-order valence-electron chi connectivity index (χ2n) is 6.31. The lowest BCUT2D eigenvalue weighted by molar-refractivity contribution is -0.130. The quantitative estimate of drug-likeness (QED) is 0.683. The van der Waals surface area contributed by atoms with Crippen LogP contribution in [-0.4, -0.2) is 42.5 Å². The van der Waals surface area contributed by atoms with Gasteiger partial charge in [0, 0.05) is 22.5 Å². The van der Waals surface area contributed by atoms with Crippen LogP contribution in [0.25, 0.3) is 0 Å². The van der Waals surface area contributed by atoms with E-state index in [0.717, 1.165) is 10.5 Å². The molecule has 1 fully saturated rings. The third-order valence-electron chi connectivity index (χ3n) is 4.34. The van der Waals surface area contributed by atoms with Gasteiger partial charge in [-0.05, 0) is 36.2 Å². The zero-order valence-electron chi connectivity index (χ0n) is 14.2. The zero-order chi connectivity index (χ0) is 18.6. The van der Waals surface area contributed by atoms with Crippen LogP contribution in [0.15, 0.2) is 59.5 Å². The largest absolute Gasteiger partial charge is 0.334 e. The smallest absolute Gasteiger partial charge is 0.233 e. The third kappa shape index (κ3) is 5.25. The number of rotatable bonds is 6. The summed E-state index contributed by atoms with van der Waals surface area (Å²) < 4.78 is 23.8. The predicted molar refractivity (Wildman–Crippen MR) is 106 cm³/mol. The van der Waals surface area contributed by atoms with E-state index in [2.05, 4.69) is 0 Å². The molecule has 3 rings (SSSR count). The van der Waals surface area contributed by atoms with Crippen LogP contribution in [-0.2, 0) is 21.2 Å². The molecule has 1 amide bonds. The monoisotopic (exact) mass is 409 g/mol. The van der Waals surface area contributed by atoms with Gasteiger partial charge in [-0.25, -0.2) is 8.42 Å². The van der Waals surface area contributed by atoms with Gasteiger partial charge in [0.05, 0.1) is 17.3 Å². The van der Waals surface area contributed by atoms with Crippen LogP contribution in [0.2, 0.25) is 5.02 Å². The molecule has 7 heteroatoms. The first-order valence-corrected chi connectivity index (χ1v) is 11.5. The van der Waals surface area contributed by atoms with Crippen molar-refractivity contribution in [3.05, 3.63) is 65.2 Å². The Kier molecular flexibility index (Phi) is 6.27. The van der Waals surface area contributed by atoms with E-state index >= 15 is 0 Å². The number of carbonyl (C=O) groups is 1. The van der Waals surface area contributed by atoms with E-state index in [0.29, 0.717) is 18.0 Å². The van der Waals surface area contributed by atoms with Crippen LogP contribution in [0.5, 0.6) is 0 Å². The Hall–Kier alpha value is -1.50. The van der Waals surface area contributed by atoms with Crippen molar-refractivity contribution >= 4 is 39.1 Å². The molecule has 2 aromatic rings. The average molecular weight is 410 g/mol. The lowest BCUT2D eigenvalue weighted by Gasteiger charge is -2.28. The summed E-state index contributed by atoms with van der Waals surface area (Å²) in [5, 5.41) is 0.655. The minimum Gasteiger partial charge on any atom is -0.334 e. The van der Waals surface area contributed by atoms with E-state index in [9.17, 15) is 13.2 Å². The maximum atomic E-state index is 12.9. The Bertz CT molecular complexity index is 854. The molecule has 0 N–H and O–H groups in total. The van der Waals surface area contributed by atoms with E-state index in [-0.39, 0.29) is 29.2 Å². The van der Waals surface area contributed by atoms with Gasteiger partial charge in [-0.2, -0.15) is 0 Å². The molecule has 26 heavy (non-hydrogen) atoms. The molecule has 1 heterocycles. The SMILES string of the molecule is O=C(CSc1ccc(Cl)cc1)N(Cc1ccccc1)[C@@H]1CCS(=O)(=O)C1. The van der Waals surface area contributed by atoms with E-state index in [1.165, 1.54) is 11.8 Å². The molecule has 1 saturated heterocycles. The molecule has 0 spiro atoms. The summed E-state index contributed by atoms with van der Waals surface area (Å²) in [5.74, 6) is 0.430. The first kappa shape index (κ1) is 19.3. The van der Waals surface area contributed by atoms with Gasteiger partial charge in [0.2, 0.25) is 5.91 Å². The lowest BCUT2D eigenvalue weighted by Crippen LogP contribution is -2.41. The van der Waals surface area contributed by atoms with Gasteiger partial charge in [0.25, 0.3) is 0 Å². The van der Waals surface area contributed by atoms with E-state index in [1.807, 2.05) is 42.5 Å². The molecular formula is C19H20ClNO3S2. The van der Waals surface area contributed by atoms with Crippen LogP contribution in [0.1, 0.15) is 12.0 Å². The molecule has 138 valence electrons. The van der Waals surface area contributed by atoms with Gasteiger partial charge in [-0.15, -0.1) is 11.8 Å². The second kappa shape index (κ2) is 8.46. The van der Waals surface area contributed by atoms with Crippen LogP contribution < -0.4 is 0 Å². The van der Waals surface area contributed by atoms with Gasteiger partial charge in [-0.3, -0.25) is 4.79 Å². The highest BCUT2D eigenvalue weighted by Gasteiger charge is 2.34. The summed E-state index contributed by atoms with van der Waals surface area (Å²) in [7, 11) is -3.05. The predicted octanol–water partition coefficient (Wildman–Crippen LogP) is 3.65. The summed E-state index contributed by atoms with van der Waals surface area (Å²) in [6.07, 6.45) is 0.506. The molecule has 0 saturated carbocycles. The highest BCUT2D eigenvalue weighted by atomic mass is 35.5. The van der Waals surface area contributed by atoms with Crippen molar-refractivity contribution < 1.29 is 13.2 Å². The van der Waals surface area contributed by atoms with E-state index in [4.69, 9.17) is 11.6 Å². The number of carbonyl (C=O) groups excluding carboxylic acids is 1. The summed E-state index contributed by atoms with van der Waals surface area (Å²) in [6, 6.07) is 16.8. The fraction of sp³-hybridized carbons (Fsp3) is 0.316. The molecule has 1 atom stereocenters. The number of hydrogen-bond acceptors (Lipinski definition) is 4. The van der Waals surface area contributed by atoms with Crippen LogP contribution in [0, 0.1) is 0 Å². The number of sulfone groups is 1. The first-order chi connectivity index (χ1) is 12.4. The summed E-state index contributed by atoms with van der Waals surface area (Å²) in [4.78, 5) is 15.6. The van der Waals surface area contributed by atoms with Crippen molar-refractivity contribution in [2.75, 3.05) is 17.3 Å². The highest BCUT2D eigenvalue weighted by molar-refractivity contribution is 8.00. The van der Waals surface area contributed by atoms with Crippen molar-refractivity contribution in [1.82, 2.24) is 4.90 Å². The number of halogens is 1. The topological polar surface area (TPSA) is 54.5 Å². The normalized spacial score (nSPS) is 18.6. The first-order valence-electron chi connectivity index (χ1n) is 8.35. The number of nitrogens with zero attached hydrogens (tertiary/aromatic N) is 1. The summed E-state index contributed by atoms with van der Waals surface area (Å²) in [6.45, 7) is 0.432. The van der Waals surface area contributed by atoms with Crippen LogP contribution in [0.4, 0.5) is 0 Å². The highest BCUT2D eigenvalue weighted by Crippen LogP contribution is 2.24. The van der Waals surface area contributed by atoms with Gasteiger partial charge in [0.15, 0.2) is 9.84 Å². The van der Waals surface area contributed by atoms with Gasteiger partial charge >= 0.3 is 0 Å². The molecule has 0 bridgehead atoms. The van der Waals surface area contributed by atoms with Crippen molar-refractivity contribution in [1.29, 1.82) is 0 Å². The molecule has 0 radical (unpaired) electrons. The maximum Gasteiger partial charge on any atom is 0.233 e. The molecule has 1 aliphatic rings. The lowest BCUT2D eigenvalue weighted by atomic mass is 10.1. The summed E-state index contributed by atoms with van der Waals surface area (Å²) >= 11 is 7.32. The summed E-state index contributed by atoms with van der Waals surface area (Å²) in [5.41, 5.74) is 1.00. The standard InChI is InChI=1S/C19H20ClNO3S2/c20-16-6-8-18(9-7-16)25-13-19(22)21(12-15-4-2-1-3-5-15)17-10-11-26(23,24)14-17/h1-9,17H,10-14H2/t17-/m1/s1. The van der Waals surface area contributed by atoms with Gasteiger partial charge in [-0.1, -0.05) is 41.9 Å². The molecule has 4 nitrogen and oxygen atoms in total. The Labute approximate surface area is 163 Å². The van der Waals surface area contributed by atoms with Crippen molar-refractivity contribution in [2.45, 2.75) is 23.9 Å². The minimum absolute atomic E-state index is 0.0455.